The first-order valence-electron chi connectivity index (χ1n) is 6.92. The highest BCUT2D eigenvalue weighted by Crippen LogP contribution is 2.47. The van der Waals surface area contributed by atoms with E-state index >= 15 is 0 Å². The first-order chi connectivity index (χ1) is 9.12. The fraction of sp³-hybridized carbons (Fsp3) is 0.533. The van der Waals surface area contributed by atoms with E-state index in [4.69, 9.17) is 4.42 Å². The zero-order chi connectivity index (χ0) is 13.5. The number of hydrogen-bond donors (Lipinski definition) is 2. The molecule has 1 atom stereocenters. The predicted molar refractivity (Wildman–Crippen MR) is 75.2 cm³/mol. The van der Waals surface area contributed by atoms with Gasteiger partial charge in [0, 0.05) is 6.04 Å². The van der Waals surface area contributed by atoms with Crippen LogP contribution in [0.3, 0.4) is 0 Å². The maximum Gasteiger partial charge on any atom is 0.417 e. The Bertz CT molecular complexity index is 635. The summed E-state index contributed by atoms with van der Waals surface area (Å²) in [4.78, 5) is 13.9. The second-order valence-electron chi connectivity index (χ2n) is 5.85. The predicted octanol–water partition coefficient (Wildman–Crippen LogP) is 2.96. The molecule has 4 heteroatoms. The summed E-state index contributed by atoms with van der Waals surface area (Å²) in [6.07, 6.45) is 5.09. The number of benzene rings is 1. The van der Waals surface area contributed by atoms with Gasteiger partial charge >= 0.3 is 5.76 Å². The summed E-state index contributed by atoms with van der Waals surface area (Å²) < 4.78 is 5.16. The van der Waals surface area contributed by atoms with Gasteiger partial charge in [-0.1, -0.05) is 25.8 Å². The largest absolute Gasteiger partial charge is 0.417 e. The molecule has 3 rings (SSSR count). The zero-order valence-electron chi connectivity index (χ0n) is 11.5. The molecule has 1 aromatic carbocycles. The van der Waals surface area contributed by atoms with Crippen LogP contribution in [-0.2, 0) is 0 Å². The van der Waals surface area contributed by atoms with Gasteiger partial charge in [-0.15, -0.1) is 0 Å². The number of rotatable bonds is 3. The Morgan fingerprint density at radius 3 is 2.79 bits per heavy atom. The van der Waals surface area contributed by atoms with Crippen LogP contribution < -0.4 is 11.1 Å². The minimum atomic E-state index is -0.389. The average molecular weight is 260 g/mol. The van der Waals surface area contributed by atoms with Gasteiger partial charge in [-0.2, -0.15) is 0 Å². The van der Waals surface area contributed by atoms with Crippen LogP contribution in [0.1, 0.15) is 44.2 Å². The van der Waals surface area contributed by atoms with E-state index in [2.05, 4.69) is 23.3 Å². The van der Waals surface area contributed by atoms with E-state index in [1.807, 2.05) is 19.2 Å². The highest BCUT2D eigenvalue weighted by atomic mass is 16.4. The van der Waals surface area contributed by atoms with Crippen LogP contribution in [-0.4, -0.2) is 12.0 Å². The van der Waals surface area contributed by atoms with Crippen LogP contribution >= 0.6 is 0 Å². The maximum absolute atomic E-state index is 11.2. The van der Waals surface area contributed by atoms with Gasteiger partial charge in [0.05, 0.1) is 5.52 Å². The Hall–Kier alpha value is -1.55. The standard InChI is InChI=1S/C15H20N2O2/c1-15(7-3-4-8-15)13(16-2)10-5-6-11-12(9-10)19-14(18)17-11/h5-6,9,13,16H,3-4,7-8H2,1-2H3,(H,17,18). The van der Waals surface area contributed by atoms with E-state index in [0.717, 1.165) is 5.52 Å². The molecular weight excluding hydrogens is 240 g/mol. The zero-order valence-corrected chi connectivity index (χ0v) is 11.5. The highest BCUT2D eigenvalue weighted by Gasteiger charge is 2.37. The molecular formula is C15H20N2O2. The van der Waals surface area contributed by atoms with Crippen molar-refractivity contribution in [2.45, 2.75) is 38.6 Å². The van der Waals surface area contributed by atoms with Crippen molar-refractivity contribution in [1.82, 2.24) is 10.3 Å². The molecule has 0 spiro atoms. The van der Waals surface area contributed by atoms with Crippen LogP contribution in [0.15, 0.2) is 27.4 Å². The summed E-state index contributed by atoms with van der Waals surface area (Å²) in [5, 5.41) is 3.44. The van der Waals surface area contributed by atoms with Crippen LogP contribution in [0.4, 0.5) is 0 Å². The third-order valence-electron chi connectivity index (χ3n) is 4.51. The fourth-order valence-corrected chi connectivity index (χ4v) is 3.53. The molecule has 1 unspecified atom stereocenters. The van der Waals surface area contributed by atoms with Gasteiger partial charge in [0.25, 0.3) is 0 Å². The Morgan fingerprint density at radius 2 is 2.11 bits per heavy atom. The minimum Gasteiger partial charge on any atom is -0.408 e. The number of aromatic amines is 1. The van der Waals surface area contributed by atoms with Gasteiger partial charge < -0.3 is 9.73 Å². The van der Waals surface area contributed by atoms with Crippen LogP contribution in [0, 0.1) is 5.41 Å². The molecule has 1 saturated carbocycles. The highest BCUT2D eigenvalue weighted by molar-refractivity contribution is 5.72. The molecule has 2 N–H and O–H groups in total. The van der Waals surface area contributed by atoms with Gasteiger partial charge in [-0.3, -0.25) is 4.98 Å². The summed E-state index contributed by atoms with van der Waals surface area (Å²) >= 11 is 0. The van der Waals surface area contributed by atoms with Crippen LogP contribution in [0.2, 0.25) is 0 Å². The van der Waals surface area contributed by atoms with E-state index < -0.39 is 0 Å². The lowest BCUT2D eigenvalue weighted by molar-refractivity contribution is 0.234. The van der Waals surface area contributed by atoms with Gasteiger partial charge in [-0.05, 0) is 43.0 Å². The molecule has 1 aromatic heterocycles. The van der Waals surface area contributed by atoms with Crippen molar-refractivity contribution in [3.63, 3.8) is 0 Å². The minimum absolute atomic E-state index is 0.291. The van der Waals surface area contributed by atoms with E-state index in [0.29, 0.717) is 17.0 Å². The first-order valence-corrected chi connectivity index (χ1v) is 6.92. The molecule has 0 saturated heterocycles. The summed E-state index contributed by atoms with van der Waals surface area (Å²) in [5.74, 6) is -0.389. The van der Waals surface area contributed by atoms with Crippen LogP contribution in [0.5, 0.6) is 0 Å². The van der Waals surface area contributed by atoms with Gasteiger partial charge in [0.15, 0.2) is 5.58 Å². The fourth-order valence-electron chi connectivity index (χ4n) is 3.53. The summed E-state index contributed by atoms with van der Waals surface area (Å²) in [6, 6.07) is 6.30. The lowest BCUT2D eigenvalue weighted by Gasteiger charge is -2.34. The monoisotopic (exact) mass is 260 g/mol. The van der Waals surface area contributed by atoms with Crippen molar-refractivity contribution in [3.05, 3.63) is 34.3 Å². The SMILES string of the molecule is CNC(c1ccc2[nH]c(=O)oc2c1)C1(C)CCCC1. The Labute approximate surface area is 112 Å². The van der Waals surface area contributed by atoms with Crippen molar-refractivity contribution in [2.24, 2.45) is 5.41 Å². The molecule has 102 valence electrons. The number of H-pyrrole nitrogens is 1. The third-order valence-corrected chi connectivity index (χ3v) is 4.51. The second-order valence-corrected chi connectivity index (χ2v) is 5.85. The van der Waals surface area contributed by atoms with E-state index in [1.165, 1.54) is 31.2 Å². The molecule has 4 nitrogen and oxygen atoms in total. The Kier molecular flexibility index (Phi) is 2.97. The first kappa shape index (κ1) is 12.5. The number of oxazole rings is 1. The summed E-state index contributed by atoms with van der Waals surface area (Å²) in [6.45, 7) is 2.35. The average Bonchev–Trinajstić information content (AvgIpc) is 2.95. The lowest BCUT2D eigenvalue weighted by atomic mass is 9.77. The molecule has 0 amide bonds. The summed E-state index contributed by atoms with van der Waals surface area (Å²) in [5.41, 5.74) is 2.89. The molecule has 1 aliphatic rings. The Balaban J connectivity index is 2.03. The van der Waals surface area contributed by atoms with Crippen molar-refractivity contribution < 1.29 is 4.42 Å². The van der Waals surface area contributed by atoms with Gasteiger partial charge in [0.2, 0.25) is 0 Å². The summed E-state index contributed by atoms with van der Waals surface area (Å²) in [7, 11) is 2.01. The Morgan fingerprint density at radius 1 is 1.37 bits per heavy atom. The second kappa shape index (κ2) is 4.53. The van der Waals surface area contributed by atoms with Crippen molar-refractivity contribution >= 4 is 11.1 Å². The van der Waals surface area contributed by atoms with E-state index in [-0.39, 0.29) is 5.76 Å². The van der Waals surface area contributed by atoms with E-state index in [9.17, 15) is 4.79 Å². The van der Waals surface area contributed by atoms with Crippen molar-refractivity contribution in [3.8, 4) is 0 Å². The number of fused-ring (bicyclic) bond motifs is 1. The topological polar surface area (TPSA) is 58.0 Å². The molecule has 1 fully saturated rings. The number of aromatic nitrogens is 1. The maximum atomic E-state index is 11.2. The number of nitrogens with one attached hydrogen (secondary N) is 2. The van der Waals surface area contributed by atoms with Gasteiger partial charge in [-0.25, -0.2) is 4.79 Å². The molecule has 0 radical (unpaired) electrons. The lowest BCUT2D eigenvalue weighted by Crippen LogP contribution is -2.32. The van der Waals surface area contributed by atoms with Crippen LogP contribution in [0.25, 0.3) is 11.1 Å². The smallest absolute Gasteiger partial charge is 0.408 e. The normalized spacial score (nSPS) is 19.9. The van der Waals surface area contributed by atoms with E-state index in [1.54, 1.807) is 0 Å². The molecule has 0 aliphatic heterocycles. The molecule has 19 heavy (non-hydrogen) atoms. The quantitative estimate of drug-likeness (QED) is 0.892. The molecule has 1 aliphatic carbocycles. The third kappa shape index (κ3) is 2.10. The molecule has 0 bridgehead atoms. The molecule has 2 aromatic rings. The van der Waals surface area contributed by atoms with Gasteiger partial charge in [0.1, 0.15) is 0 Å². The van der Waals surface area contributed by atoms with Crippen molar-refractivity contribution in [1.29, 1.82) is 0 Å². The number of hydrogen-bond acceptors (Lipinski definition) is 3. The molecule has 1 heterocycles. The van der Waals surface area contributed by atoms with Crippen molar-refractivity contribution in [2.75, 3.05) is 7.05 Å².